The highest BCUT2D eigenvalue weighted by Crippen LogP contribution is 2.34. The number of nitro groups is 1. The van der Waals surface area contributed by atoms with Crippen LogP contribution in [0.3, 0.4) is 0 Å². The van der Waals surface area contributed by atoms with E-state index >= 15 is 0 Å². The molecule has 90 valence electrons. The van der Waals surface area contributed by atoms with Crippen LogP contribution in [0.5, 0.6) is 0 Å². The minimum absolute atomic E-state index is 0.0207. The Hall–Kier alpha value is -1.69. The molecule has 1 heterocycles. The highest BCUT2D eigenvalue weighted by molar-refractivity contribution is 6.33. The largest absolute Gasteiger partial charge is 0.341 e. The number of carbonyl (C=O) groups is 1. The maximum absolute atomic E-state index is 13.8. The summed E-state index contributed by atoms with van der Waals surface area (Å²) in [6, 6.07) is 1.04. The monoisotopic (exact) mass is 258 g/mol. The second-order valence-electron chi connectivity index (χ2n) is 3.78. The Bertz CT molecular complexity index is 533. The Morgan fingerprint density at radius 2 is 2.24 bits per heavy atom. The number of hydrogen-bond acceptors (Lipinski definition) is 3. The number of benzene rings is 1. The van der Waals surface area contributed by atoms with E-state index in [0.717, 1.165) is 6.07 Å². The van der Waals surface area contributed by atoms with E-state index in [2.05, 4.69) is 0 Å². The fourth-order valence-corrected chi connectivity index (χ4v) is 2.04. The van der Waals surface area contributed by atoms with Crippen LogP contribution in [0.15, 0.2) is 6.07 Å². The highest BCUT2D eigenvalue weighted by atomic mass is 35.5. The van der Waals surface area contributed by atoms with Crippen molar-refractivity contribution in [3.8, 4) is 0 Å². The van der Waals surface area contributed by atoms with Crippen LogP contribution in [0.4, 0.5) is 10.1 Å². The van der Waals surface area contributed by atoms with Gasteiger partial charge in [0.1, 0.15) is 0 Å². The molecule has 0 atom stereocenters. The standard InChI is InChI=1S/C10H8ClFN2O3/c1-13-3-2-5-6(10(13)15)4-7(14(16)17)8(11)9(5)12/h4H,2-3H2,1H3. The summed E-state index contributed by atoms with van der Waals surface area (Å²) in [5, 5.41) is 10.1. The molecule has 0 spiro atoms. The van der Waals surface area contributed by atoms with Crippen molar-refractivity contribution in [2.24, 2.45) is 0 Å². The number of fused-ring (bicyclic) bond motifs is 1. The molecule has 0 saturated heterocycles. The molecule has 2 rings (SSSR count). The summed E-state index contributed by atoms with van der Waals surface area (Å²) >= 11 is 5.57. The van der Waals surface area contributed by atoms with Gasteiger partial charge in [0.15, 0.2) is 10.8 Å². The molecule has 0 aliphatic carbocycles. The van der Waals surface area contributed by atoms with Gasteiger partial charge in [0, 0.05) is 25.2 Å². The molecule has 7 heteroatoms. The molecule has 5 nitrogen and oxygen atoms in total. The van der Waals surface area contributed by atoms with Crippen LogP contribution in [-0.4, -0.2) is 29.3 Å². The van der Waals surface area contributed by atoms with Gasteiger partial charge in [-0.2, -0.15) is 0 Å². The number of nitrogens with zero attached hydrogens (tertiary/aromatic N) is 2. The molecule has 1 amide bonds. The molecule has 0 fully saturated rings. The summed E-state index contributed by atoms with van der Waals surface area (Å²) in [6.45, 7) is 0.372. The number of amides is 1. The van der Waals surface area contributed by atoms with E-state index in [-0.39, 0.29) is 11.1 Å². The van der Waals surface area contributed by atoms with E-state index in [9.17, 15) is 19.3 Å². The fourth-order valence-electron chi connectivity index (χ4n) is 1.81. The van der Waals surface area contributed by atoms with Crippen molar-refractivity contribution >= 4 is 23.2 Å². The highest BCUT2D eigenvalue weighted by Gasteiger charge is 2.30. The third kappa shape index (κ3) is 1.74. The summed E-state index contributed by atoms with van der Waals surface area (Å²) in [4.78, 5) is 23.0. The number of likely N-dealkylation sites (N-methyl/N-ethyl adjacent to an activating group) is 1. The Kier molecular flexibility index (Phi) is 2.74. The molecule has 17 heavy (non-hydrogen) atoms. The zero-order chi connectivity index (χ0) is 12.7. The summed E-state index contributed by atoms with van der Waals surface area (Å²) in [5.41, 5.74) is -0.400. The van der Waals surface area contributed by atoms with Gasteiger partial charge in [-0.05, 0) is 6.42 Å². The maximum Gasteiger partial charge on any atom is 0.291 e. The number of nitro benzene ring substituents is 1. The van der Waals surface area contributed by atoms with Gasteiger partial charge >= 0.3 is 0 Å². The lowest BCUT2D eigenvalue weighted by molar-refractivity contribution is -0.384. The minimum Gasteiger partial charge on any atom is -0.341 e. The van der Waals surface area contributed by atoms with Crippen LogP contribution in [0.25, 0.3) is 0 Å². The molecular formula is C10H8ClFN2O3. The van der Waals surface area contributed by atoms with Gasteiger partial charge in [-0.25, -0.2) is 4.39 Å². The van der Waals surface area contributed by atoms with Gasteiger partial charge in [-0.1, -0.05) is 11.6 Å². The lowest BCUT2D eigenvalue weighted by atomic mass is 9.98. The zero-order valence-corrected chi connectivity index (χ0v) is 9.62. The first-order valence-corrected chi connectivity index (χ1v) is 5.22. The van der Waals surface area contributed by atoms with Crippen molar-refractivity contribution in [3.63, 3.8) is 0 Å². The van der Waals surface area contributed by atoms with Crippen LogP contribution in [-0.2, 0) is 6.42 Å². The van der Waals surface area contributed by atoms with Crippen LogP contribution < -0.4 is 0 Å². The van der Waals surface area contributed by atoms with Crippen molar-refractivity contribution in [1.82, 2.24) is 4.90 Å². The average Bonchev–Trinajstić information content (AvgIpc) is 2.28. The van der Waals surface area contributed by atoms with Gasteiger partial charge in [-0.3, -0.25) is 14.9 Å². The number of hydrogen-bond donors (Lipinski definition) is 0. The SMILES string of the molecule is CN1CCc2c(cc([N+](=O)[O-])c(Cl)c2F)C1=O. The number of rotatable bonds is 1. The molecule has 0 radical (unpaired) electrons. The van der Waals surface area contributed by atoms with Gasteiger partial charge in [0.05, 0.1) is 10.5 Å². The molecule has 1 aliphatic heterocycles. The first kappa shape index (κ1) is 11.8. The Morgan fingerprint density at radius 3 is 2.82 bits per heavy atom. The Morgan fingerprint density at radius 1 is 1.59 bits per heavy atom. The third-order valence-electron chi connectivity index (χ3n) is 2.76. The van der Waals surface area contributed by atoms with E-state index in [0.29, 0.717) is 13.0 Å². The van der Waals surface area contributed by atoms with E-state index < -0.39 is 27.4 Å². The summed E-state index contributed by atoms with van der Waals surface area (Å²) in [6.07, 6.45) is 0.307. The molecule has 1 aromatic carbocycles. The average molecular weight is 259 g/mol. The van der Waals surface area contributed by atoms with Crippen molar-refractivity contribution in [3.05, 3.63) is 38.1 Å². The van der Waals surface area contributed by atoms with Crippen molar-refractivity contribution < 1.29 is 14.1 Å². The van der Waals surface area contributed by atoms with E-state index in [1.165, 1.54) is 4.90 Å². The molecule has 1 aliphatic rings. The minimum atomic E-state index is -0.864. The predicted octanol–water partition coefficient (Wildman–Crippen LogP) is 2.02. The lowest BCUT2D eigenvalue weighted by Gasteiger charge is -2.25. The summed E-state index contributed by atoms with van der Waals surface area (Å²) in [5.74, 6) is -1.29. The second kappa shape index (κ2) is 3.96. The van der Waals surface area contributed by atoms with Crippen LogP contribution in [0.2, 0.25) is 5.02 Å². The predicted molar refractivity (Wildman–Crippen MR) is 58.7 cm³/mol. The number of halogens is 2. The molecular weight excluding hydrogens is 251 g/mol. The molecule has 0 bridgehead atoms. The number of carbonyl (C=O) groups excluding carboxylic acids is 1. The lowest BCUT2D eigenvalue weighted by Crippen LogP contribution is -2.34. The normalized spacial score (nSPS) is 14.8. The van der Waals surface area contributed by atoms with Crippen LogP contribution in [0, 0.1) is 15.9 Å². The second-order valence-corrected chi connectivity index (χ2v) is 4.16. The van der Waals surface area contributed by atoms with E-state index in [1.54, 1.807) is 7.05 Å². The van der Waals surface area contributed by atoms with Crippen molar-refractivity contribution in [1.29, 1.82) is 0 Å². The van der Waals surface area contributed by atoms with Crippen molar-refractivity contribution in [2.75, 3.05) is 13.6 Å². The Balaban J connectivity index is 2.70. The smallest absolute Gasteiger partial charge is 0.291 e. The van der Waals surface area contributed by atoms with Crippen LogP contribution >= 0.6 is 11.6 Å². The molecule has 1 aromatic rings. The first-order chi connectivity index (χ1) is 7.93. The zero-order valence-electron chi connectivity index (χ0n) is 8.87. The van der Waals surface area contributed by atoms with Gasteiger partial charge in [0.25, 0.3) is 11.6 Å². The van der Waals surface area contributed by atoms with Gasteiger partial charge in [0.2, 0.25) is 0 Å². The topological polar surface area (TPSA) is 63.4 Å². The van der Waals surface area contributed by atoms with Gasteiger partial charge in [-0.15, -0.1) is 0 Å². The molecule has 0 saturated carbocycles. The summed E-state index contributed by atoms with van der Waals surface area (Å²) in [7, 11) is 1.56. The van der Waals surface area contributed by atoms with Crippen LogP contribution in [0.1, 0.15) is 15.9 Å². The molecule has 0 N–H and O–H groups in total. The Labute approximate surface area is 101 Å². The third-order valence-corrected chi connectivity index (χ3v) is 3.12. The van der Waals surface area contributed by atoms with Gasteiger partial charge < -0.3 is 4.90 Å². The quantitative estimate of drug-likeness (QED) is 0.572. The maximum atomic E-state index is 13.8. The fraction of sp³-hybridized carbons (Fsp3) is 0.300. The van der Waals surface area contributed by atoms with Crippen molar-refractivity contribution in [2.45, 2.75) is 6.42 Å². The molecule has 0 unspecified atom stereocenters. The first-order valence-electron chi connectivity index (χ1n) is 4.84. The van der Waals surface area contributed by atoms with E-state index in [1.807, 2.05) is 0 Å². The van der Waals surface area contributed by atoms with E-state index in [4.69, 9.17) is 11.6 Å². The molecule has 0 aromatic heterocycles. The summed E-state index contributed by atoms with van der Waals surface area (Å²) < 4.78 is 13.8.